The number of fused-ring (bicyclic) bond motifs is 2. The van der Waals surface area contributed by atoms with Crippen molar-refractivity contribution in [2.45, 2.75) is 149 Å². The Balaban J connectivity index is 0.000000197. The Morgan fingerprint density at radius 3 is 1.18 bits per heavy atom. The molecule has 0 radical (unpaired) electrons. The zero-order valence-corrected chi connectivity index (χ0v) is 46.2. The van der Waals surface area contributed by atoms with Gasteiger partial charge in [-0.1, -0.05) is 236 Å². The first kappa shape index (κ1) is 53.3. The molecule has 14 rings (SSSR count). The molecule has 0 saturated carbocycles. The van der Waals surface area contributed by atoms with E-state index in [0.717, 1.165) is 11.2 Å². The fourth-order valence-corrected chi connectivity index (χ4v) is 12.0. The van der Waals surface area contributed by atoms with E-state index in [2.05, 4.69) is 149 Å². The molecule has 4 aliphatic carbocycles. The number of furan rings is 1. The van der Waals surface area contributed by atoms with E-state index < -0.39 is 0 Å². The van der Waals surface area contributed by atoms with Gasteiger partial charge in [0, 0.05) is 47.2 Å². The first-order valence-electron chi connectivity index (χ1n) is 26.4. The Bertz CT molecular complexity index is 3120. The molecule has 2 heterocycles. The molecule has 0 spiro atoms. The standard InChI is InChI=1S/C25H16O.C25H16S.8C2H6/c2*1-25(2)16-7-3-5-14-15-6-4-8-18-22(15)24-19(26-18)12-10-13-9-11-17(25)23(20(13)24)21(14)16;8*1-2/h2*3-12H,1-2H3;8*1-2H3. The molecule has 0 atom stereocenters. The summed E-state index contributed by atoms with van der Waals surface area (Å²) in [7, 11) is 0. The monoisotopic (exact) mass is 921 g/mol. The van der Waals surface area contributed by atoms with Gasteiger partial charge in [0.25, 0.3) is 0 Å². The first-order valence-corrected chi connectivity index (χ1v) is 27.3. The molecule has 2 heteroatoms. The fourth-order valence-electron chi connectivity index (χ4n) is 10.9. The van der Waals surface area contributed by atoms with Crippen LogP contribution in [0.2, 0.25) is 0 Å². The Morgan fingerprint density at radius 1 is 0.294 bits per heavy atom. The smallest absolute Gasteiger partial charge is 0.136 e. The van der Waals surface area contributed by atoms with E-state index in [1.54, 1.807) is 0 Å². The topological polar surface area (TPSA) is 13.1 Å². The van der Waals surface area contributed by atoms with E-state index in [-0.39, 0.29) is 10.8 Å². The van der Waals surface area contributed by atoms with Crippen LogP contribution in [0.1, 0.15) is 161 Å². The second-order valence-corrected chi connectivity index (χ2v) is 17.4. The van der Waals surface area contributed by atoms with E-state index in [0.29, 0.717) is 0 Å². The number of benzene rings is 8. The highest BCUT2D eigenvalue weighted by molar-refractivity contribution is 7.26. The largest absolute Gasteiger partial charge is 0.456 e. The highest BCUT2D eigenvalue weighted by Crippen LogP contribution is 2.60. The summed E-state index contributed by atoms with van der Waals surface area (Å²) in [6, 6.07) is 45.3. The van der Waals surface area contributed by atoms with Gasteiger partial charge in [0.05, 0.1) is 0 Å². The van der Waals surface area contributed by atoms with Gasteiger partial charge in [0.15, 0.2) is 0 Å². The molecule has 0 saturated heterocycles. The van der Waals surface area contributed by atoms with Gasteiger partial charge in [-0.05, 0) is 107 Å². The lowest BCUT2D eigenvalue weighted by molar-refractivity contribution is 0.661. The second kappa shape index (κ2) is 22.2. The van der Waals surface area contributed by atoms with Gasteiger partial charge < -0.3 is 4.42 Å². The first-order chi connectivity index (χ1) is 33.3. The van der Waals surface area contributed by atoms with Gasteiger partial charge in [-0.15, -0.1) is 11.3 Å². The molecule has 4 aliphatic rings. The van der Waals surface area contributed by atoms with E-state index in [4.69, 9.17) is 4.42 Å². The van der Waals surface area contributed by atoms with Crippen LogP contribution >= 0.6 is 11.3 Å². The summed E-state index contributed by atoms with van der Waals surface area (Å²) >= 11 is 1.93. The Morgan fingerprint density at radius 2 is 0.662 bits per heavy atom. The summed E-state index contributed by atoms with van der Waals surface area (Å²) in [4.78, 5) is 0. The lowest BCUT2D eigenvalue weighted by Crippen LogP contribution is -2.14. The van der Waals surface area contributed by atoms with E-state index >= 15 is 0 Å². The average Bonchev–Trinajstić information content (AvgIpc) is 4.08. The fraction of sp³-hybridized carbons (Fsp3) is 0.333. The minimum absolute atomic E-state index is 0.0200. The molecule has 0 N–H and O–H groups in total. The minimum atomic E-state index is 0.0200. The zero-order valence-electron chi connectivity index (χ0n) is 45.4. The maximum absolute atomic E-state index is 6.25. The van der Waals surface area contributed by atoms with E-state index in [1.165, 1.54) is 119 Å². The molecule has 2 aromatic heterocycles. The lowest BCUT2D eigenvalue weighted by Gasteiger charge is -2.22. The van der Waals surface area contributed by atoms with Gasteiger partial charge in [-0.25, -0.2) is 0 Å². The van der Waals surface area contributed by atoms with Gasteiger partial charge in [0.1, 0.15) is 11.2 Å². The van der Waals surface area contributed by atoms with Crippen LogP contribution in [0.3, 0.4) is 0 Å². The Kier molecular flexibility index (Phi) is 17.4. The zero-order chi connectivity index (χ0) is 50.4. The minimum Gasteiger partial charge on any atom is -0.456 e. The van der Waals surface area contributed by atoms with Crippen LogP contribution < -0.4 is 0 Å². The second-order valence-electron chi connectivity index (χ2n) is 16.3. The highest BCUT2D eigenvalue weighted by atomic mass is 32.1. The molecule has 0 fully saturated rings. The van der Waals surface area contributed by atoms with Crippen molar-refractivity contribution < 1.29 is 4.42 Å². The van der Waals surface area contributed by atoms with Crippen molar-refractivity contribution in [1.29, 1.82) is 0 Å². The van der Waals surface area contributed by atoms with Crippen molar-refractivity contribution in [1.82, 2.24) is 0 Å². The van der Waals surface area contributed by atoms with Crippen LogP contribution in [0.15, 0.2) is 126 Å². The maximum Gasteiger partial charge on any atom is 0.136 e. The van der Waals surface area contributed by atoms with Crippen LogP contribution in [-0.2, 0) is 10.8 Å². The summed E-state index contributed by atoms with van der Waals surface area (Å²) in [5, 5.41) is 11.0. The summed E-state index contributed by atoms with van der Waals surface area (Å²) in [5.41, 5.74) is 19.1. The Hall–Kier alpha value is -5.70. The van der Waals surface area contributed by atoms with Crippen molar-refractivity contribution in [3.05, 3.63) is 144 Å². The molecular weight excluding hydrogens is 841 g/mol. The van der Waals surface area contributed by atoms with Gasteiger partial charge in [0.2, 0.25) is 0 Å². The molecule has 1 nitrogen and oxygen atoms in total. The van der Waals surface area contributed by atoms with Crippen LogP contribution in [0.25, 0.3) is 108 Å². The normalized spacial score (nSPS) is 12.6. The summed E-state index contributed by atoms with van der Waals surface area (Å²) < 4.78 is 9.07. The summed E-state index contributed by atoms with van der Waals surface area (Å²) in [6.07, 6.45) is 0. The summed E-state index contributed by atoms with van der Waals surface area (Å²) in [6.45, 7) is 41.5. The molecule has 8 aromatic carbocycles. The predicted molar refractivity (Wildman–Crippen MR) is 312 cm³/mol. The molecule has 356 valence electrons. The number of hydrogen-bond donors (Lipinski definition) is 0. The SMILES string of the molecule is CC.CC.CC.CC.CC.CC.CC.CC.CC1(C)c2cccc3c2-c2c1ccc1ccc4oc5cccc-3c5c4c21.CC1(C)c2cccc3c2-c2c1ccc1ccc4sc5cccc-3c5c4c21. The molecule has 68 heavy (non-hydrogen) atoms. The molecule has 0 unspecified atom stereocenters. The van der Waals surface area contributed by atoms with Crippen molar-refractivity contribution in [3.63, 3.8) is 0 Å². The van der Waals surface area contributed by atoms with Crippen LogP contribution in [0, 0.1) is 0 Å². The highest BCUT2D eigenvalue weighted by Gasteiger charge is 2.41. The molecule has 10 aromatic rings. The van der Waals surface area contributed by atoms with Crippen LogP contribution in [0.4, 0.5) is 0 Å². The summed E-state index contributed by atoms with van der Waals surface area (Å²) in [5.74, 6) is 0. The average molecular weight is 921 g/mol. The van der Waals surface area contributed by atoms with E-state index in [1.807, 2.05) is 122 Å². The molecular formula is C66H80OS. The number of rotatable bonds is 0. The number of thiophene rings is 1. The van der Waals surface area contributed by atoms with Crippen molar-refractivity contribution in [2.75, 3.05) is 0 Å². The Labute approximate surface area is 414 Å². The van der Waals surface area contributed by atoms with E-state index in [9.17, 15) is 0 Å². The molecule has 0 bridgehead atoms. The predicted octanol–water partition coefficient (Wildman–Crippen LogP) is 22.7. The maximum atomic E-state index is 6.25. The van der Waals surface area contributed by atoms with Crippen LogP contribution in [0.5, 0.6) is 0 Å². The third kappa shape index (κ3) is 7.67. The van der Waals surface area contributed by atoms with Crippen molar-refractivity contribution in [2.24, 2.45) is 0 Å². The third-order valence-electron chi connectivity index (χ3n) is 13.2. The molecule has 0 amide bonds. The lowest BCUT2D eigenvalue weighted by atomic mass is 9.81. The van der Waals surface area contributed by atoms with Gasteiger partial charge in [-0.3, -0.25) is 0 Å². The quantitative estimate of drug-likeness (QED) is 0.148. The van der Waals surface area contributed by atoms with Gasteiger partial charge in [-0.2, -0.15) is 0 Å². The van der Waals surface area contributed by atoms with Gasteiger partial charge >= 0.3 is 0 Å². The van der Waals surface area contributed by atoms with Crippen molar-refractivity contribution in [3.8, 4) is 44.5 Å². The third-order valence-corrected chi connectivity index (χ3v) is 14.3. The van der Waals surface area contributed by atoms with Crippen molar-refractivity contribution >= 4 is 75.0 Å². The number of hydrogen-bond acceptors (Lipinski definition) is 2. The van der Waals surface area contributed by atoms with Crippen LogP contribution in [-0.4, -0.2) is 0 Å². The molecule has 0 aliphatic heterocycles.